The van der Waals surface area contributed by atoms with Gasteiger partial charge in [0.1, 0.15) is 0 Å². The van der Waals surface area contributed by atoms with Gasteiger partial charge in [0.05, 0.1) is 0 Å². The van der Waals surface area contributed by atoms with E-state index in [4.69, 9.17) is 5.73 Å². The largest absolute Gasteiger partial charge is 0.398 e. The van der Waals surface area contributed by atoms with E-state index in [-0.39, 0.29) is 0 Å². The maximum atomic E-state index is 5.93. The molecule has 82 valence electrons. The normalized spacial score (nSPS) is 10.4. The third-order valence-electron chi connectivity index (χ3n) is 3.19. The standard InChI is InChI=1S/C15H17N/c1-10-7-8-13(9-11(10)2)14-5-4-6-15(16)12(14)3/h4-9H,16H2,1-3H3. The van der Waals surface area contributed by atoms with Crippen molar-refractivity contribution in [3.8, 4) is 11.1 Å². The van der Waals surface area contributed by atoms with Crippen molar-refractivity contribution >= 4 is 5.69 Å². The van der Waals surface area contributed by atoms with E-state index in [9.17, 15) is 0 Å². The Hall–Kier alpha value is -1.76. The summed E-state index contributed by atoms with van der Waals surface area (Å²) in [6, 6.07) is 12.6. The fourth-order valence-corrected chi connectivity index (χ4v) is 1.88. The summed E-state index contributed by atoms with van der Waals surface area (Å²) in [6.45, 7) is 6.34. The lowest BCUT2D eigenvalue weighted by molar-refractivity contribution is 1.34. The average molecular weight is 211 g/mol. The lowest BCUT2D eigenvalue weighted by Gasteiger charge is -2.10. The zero-order valence-electron chi connectivity index (χ0n) is 10.0. The second-order valence-corrected chi connectivity index (χ2v) is 4.32. The van der Waals surface area contributed by atoms with Gasteiger partial charge in [0.15, 0.2) is 0 Å². The summed E-state index contributed by atoms with van der Waals surface area (Å²) in [6.07, 6.45) is 0. The summed E-state index contributed by atoms with van der Waals surface area (Å²) in [5, 5.41) is 0. The predicted octanol–water partition coefficient (Wildman–Crippen LogP) is 3.86. The third-order valence-corrected chi connectivity index (χ3v) is 3.19. The summed E-state index contributed by atoms with van der Waals surface area (Å²) in [5.41, 5.74) is 13.1. The molecule has 0 saturated heterocycles. The van der Waals surface area contributed by atoms with Crippen molar-refractivity contribution in [2.75, 3.05) is 5.73 Å². The number of benzene rings is 2. The first-order valence-electron chi connectivity index (χ1n) is 5.52. The van der Waals surface area contributed by atoms with Crippen molar-refractivity contribution in [1.82, 2.24) is 0 Å². The molecular weight excluding hydrogens is 194 g/mol. The molecule has 0 fully saturated rings. The second-order valence-electron chi connectivity index (χ2n) is 4.32. The van der Waals surface area contributed by atoms with E-state index in [0.717, 1.165) is 11.3 Å². The third kappa shape index (κ3) is 1.81. The van der Waals surface area contributed by atoms with Gasteiger partial charge in [0.2, 0.25) is 0 Å². The summed E-state index contributed by atoms with van der Waals surface area (Å²) >= 11 is 0. The number of hydrogen-bond donors (Lipinski definition) is 1. The molecule has 0 heterocycles. The Morgan fingerprint density at radius 2 is 1.62 bits per heavy atom. The van der Waals surface area contributed by atoms with Crippen LogP contribution in [0.2, 0.25) is 0 Å². The van der Waals surface area contributed by atoms with Crippen LogP contribution in [0.4, 0.5) is 5.69 Å². The number of anilines is 1. The van der Waals surface area contributed by atoms with Crippen LogP contribution in [0.15, 0.2) is 36.4 Å². The Bertz CT molecular complexity index is 527. The Morgan fingerprint density at radius 1 is 0.875 bits per heavy atom. The highest BCUT2D eigenvalue weighted by molar-refractivity contribution is 5.73. The molecular formula is C15H17N. The van der Waals surface area contributed by atoms with Gasteiger partial charge in [0.25, 0.3) is 0 Å². The van der Waals surface area contributed by atoms with Crippen LogP contribution in [0.5, 0.6) is 0 Å². The topological polar surface area (TPSA) is 26.0 Å². The first-order chi connectivity index (χ1) is 7.59. The molecule has 0 aliphatic heterocycles. The highest BCUT2D eigenvalue weighted by Gasteiger charge is 2.04. The smallest absolute Gasteiger partial charge is 0.0349 e. The van der Waals surface area contributed by atoms with Crippen molar-refractivity contribution in [1.29, 1.82) is 0 Å². The molecule has 1 nitrogen and oxygen atoms in total. The molecule has 0 atom stereocenters. The van der Waals surface area contributed by atoms with E-state index in [1.165, 1.54) is 22.3 Å². The summed E-state index contributed by atoms with van der Waals surface area (Å²) in [5.74, 6) is 0. The Labute approximate surface area is 96.9 Å². The molecule has 0 saturated carbocycles. The number of rotatable bonds is 1. The van der Waals surface area contributed by atoms with Gasteiger partial charge in [-0.15, -0.1) is 0 Å². The molecule has 2 aromatic carbocycles. The molecule has 1 heteroatoms. The zero-order chi connectivity index (χ0) is 11.7. The summed E-state index contributed by atoms with van der Waals surface area (Å²) < 4.78 is 0. The average Bonchev–Trinajstić information content (AvgIpc) is 2.26. The molecule has 2 N–H and O–H groups in total. The molecule has 0 amide bonds. The molecule has 0 spiro atoms. The summed E-state index contributed by atoms with van der Waals surface area (Å²) in [7, 11) is 0. The fourth-order valence-electron chi connectivity index (χ4n) is 1.88. The fraction of sp³-hybridized carbons (Fsp3) is 0.200. The van der Waals surface area contributed by atoms with Gasteiger partial charge < -0.3 is 5.73 Å². The number of aryl methyl sites for hydroxylation is 2. The van der Waals surface area contributed by atoms with Gasteiger partial charge in [-0.1, -0.05) is 30.3 Å². The van der Waals surface area contributed by atoms with Gasteiger partial charge in [0, 0.05) is 5.69 Å². The van der Waals surface area contributed by atoms with Crippen LogP contribution in [-0.2, 0) is 0 Å². The Kier molecular flexibility index (Phi) is 2.69. The minimum absolute atomic E-state index is 0.857. The van der Waals surface area contributed by atoms with E-state index in [1.807, 2.05) is 12.1 Å². The molecule has 2 aromatic rings. The van der Waals surface area contributed by atoms with Crippen molar-refractivity contribution < 1.29 is 0 Å². The molecule has 0 aromatic heterocycles. The van der Waals surface area contributed by atoms with Crippen LogP contribution >= 0.6 is 0 Å². The highest BCUT2D eigenvalue weighted by Crippen LogP contribution is 2.28. The lowest BCUT2D eigenvalue weighted by atomic mass is 9.96. The van der Waals surface area contributed by atoms with E-state index in [2.05, 4.69) is 45.0 Å². The maximum Gasteiger partial charge on any atom is 0.0349 e. The van der Waals surface area contributed by atoms with Gasteiger partial charge in [-0.3, -0.25) is 0 Å². The van der Waals surface area contributed by atoms with Crippen LogP contribution in [0, 0.1) is 20.8 Å². The highest BCUT2D eigenvalue weighted by atomic mass is 14.6. The lowest BCUT2D eigenvalue weighted by Crippen LogP contribution is -1.92. The minimum atomic E-state index is 0.857. The van der Waals surface area contributed by atoms with E-state index in [0.29, 0.717) is 0 Å². The van der Waals surface area contributed by atoms with Crippen LogP contribution in [-0.4, -0.2) is 0 Å². The minimum Gasteiger partial charge on any atom is -0.398 e. The van der Waals surface area contributed by atoms with Gasteiger partial charge in [-0.25, -0.2) is 0 Å². The monoisotopic (exact) mass is 211 g/mol. The van der Waals surface area contributed by atoms with Crippen LogP contribution in [0.25, 0.3) is 11.1 Å². The van der Waals surface area contributed by atoms with Crippen molar-refractivity contribution in [3.63, 3.8) is 0 Å². The Morgan fingerprint density at radius 3 is 2.31 bits per heavy atom. The second kappa shape index (κ2) is 4.01. The molecule has 0 unspecified atom stereocenters. The molecule has 0 aliphatic carbocycles. The first-order valence-corrected chi connectivity index (χ1v) is 5.52. The van der Waals surface area contributed by atoms with Crippen molar-refractivity contribution in [3.05, 3.63) is 53.1 Å². The molecule has 16 heavy (non-hydrogen) atoms. The SMILES string of the molecule is Cc1ccc(-c2cccc(N)c2C)cc1C. The zero-order valence-corrected chi connectivity index (χ0v) is 10.0. The maximum absolute atomic E-state index is 5.93. The van der Waals surface area contributed by atoms with Crippen LogP contribution in [0.1, 0.15) is 16.7 Å². The quantitative estimate of drug-likeness (QED) is 0.712. The van der Waals surface area contributed by atoms with Crippen molar-refractivity contribution in [2.24, 2.45) is 0 Å². The van der Waals surface area contributed by atoms with E-state index in [1.54, 1.807) is 0 Å². The molecule has 0 aliphatic rings. The first kappa shape index (κ1) is 10.7. The van der Waals surface area contributed by atoms with Crippen LogP contribution < -0.4 is 5.73 Å². The van der Waals surface area contributed by atoms with Crippen molar-refractivity contribution in [2.45, 2.75) is 20.8 Å². The molecule has 2 rings (SSSR count). The van der Waals surface area contributed by atoms with Crippen LogP contribution in [0.3, 0.4) is 0 Å². The number of nitrogen functional groups attached to an aromatic ring is 1. The van der Waals surface area contributed by atoms with Gasteiger partial charge in [-0.2, -0.15) is 0 Å². The Balaban J connectivity index is 2.59. The van der Waals surface area contributed by atoms with Gasteiger partial charge in [-0.05, 0) is 54.7 Å². The van der Waals surface area contributed by atoms with Gasteiger partial charge >= 0.3 is 0 Å². The summed E-state index contributed by atoms with van der Waals surface area (Å²) in [4.78, 5) is 0. The molecule has 0 bridgehead atoms. The number of nitrogens with two attached hydrogens (primary N) is 1. The molecule has 0 radical (unpaired) electrons. The van der Waals surface area contributed by atoms with E-state index >= 15 is 0 Å². The van der Waals surface area contributed by atoms with E-state index < -0.39 is 0 Å². The predicted molar refractivity (Wildman–Crippen MR) is 70.5 cm³/mol. The number of hydrogen-bond acceptors (Lipinski definition) is 1.